The molecule has 0 radical (unpaired) electrons. The van der Waals surface area contributed by atoms with Crippen LogP contribution in [0.2, 0.25) is 0 Å². The van der Waals surface area contributed by atoms with Gasteiger partial charge in [-0.1, -0.05) is 13.8 Å². The first-order valence-corrected chi connectivity index (χ1v) is 9.41. The van der Waals surface area contributed by atoms with Gasteiger partial charge in [0.25, 0.3) is 0 Å². The molecule has 0 atom stereocenters. The molecular formula is C19H33N5. The summed E-state index contributed by atoms with van der Waals surface area (Å²) < 4.78 is 0. The van der Waals surface area contributed by atoms with Crippen molar-refractivity contribution in [3.8, 4) is 0 Å². The Morgan fingerprint density at radius 3 is 2.75 bits per heavy atom. The second-order valence-electron chi connectivity index (χ2n) is 6.87. The lowest BCUT2D eigenvalue weighted by molar-refractivity contribution is 0.573. The van der Waals surface area contributed by atoms with Crippen LogP contribution in [0, 0.1) is 5.92 Å². The number of guanidine groups is 1. The van der Waals surface area contributed by atoms with E-state index in [2.05, 4.69) is 53.4 Å². The summed E-state index contributed by atoms with van der Waals surface area (Å²) in [5.74, 6) is 2.70. The number of rotatable bonds is 7. The Morgan fingerprint density at radius 1 is 1.25 bits per heavy atom. The number of piperidine rings is 1. The van der Waals surface area contributed by atoms with E-state index in [4.69, 9.17) is 4.99 Å². The molecule has 2 N–H and O–H groups in total. The Labute approximate surface area is 147 Å². The molecule has 5 heteroatoms. The first-order chi connectivity index (χ1) is 11.7. The summed E-state index contributed by atoms with van der Waals surface area (Å²) in [5.41, 5.74) is 1.21. The molecule has 24 heavy (non-hydrogen) atoms. The predicted molar refractivity (Wildman–Crippen MR) is 103 cm³/mol. The molecule has 0 aliphatic carbocycles. The zero-order valence-corrected chi connectivity index (χ0v) is 15.5. The molecule has 0 saturated carbocycles. The third-order valence-corrected chi connectivity index (χ3v) is 4.27. The van der Waals surface area contributed by atoms with Crippen molar-refractivity contribution in [3.63, 3.8) is 0 Å². The summed E-state index contributed by atoms with van der Waals surface area (Å²) >= 11 is 0. The molecule has 1 aliphatic rings. The number of hydrogen-bond acceptors (Lipinski definition) is 3. The SMILES string of the molecule is CCNC(=NCc1ccnc(N2CCCCC2)c1)NCCC(C)C. The molecule has 1 saturated heterocycles. The minimum atomic E-state index is 0.681. The van der Waals surface area contributed by atoms with Gasteiger partial charge in [0, 0.05) is 32.4 Å². The van der Waals surface area contributed by atoms with Gasteiger partial charge in [0.05, 0.1) is 6.54 Å². The van der Waals surface area contributed by atoms with Gasteiger partial charge in [0.15, 0.2) is 5.96 Å². The van der Waals surface area contributed by atoms with E-state index in [1.807, 2.05) is 6.20 Å². The van der Waals surface area contributed by atoms with Crippen molar-refractivity contribution in [1.29, 1.82) is 0 Å². The Morgan fingerprint density at radius 2 is 2.04 bits per heavy atom. The highest BCUT2D eigenvalue weighted by Crippen LogP contribution is 2.18. The average Bonchev–Trinajstić information content (AvgIpc) is 2.60. The van der Waals surface area contributed by atoms with Crippen molar-refractivity contribution >= 4 is 11.8 Å². The molecular weight excluding hydrogens is 298 g/mol. The number of hydrogen-bond donors (Lipinski definition) is 2. The van der Waals surface area contributed by atoms with Gasteiger partial charge in [0.1, 0.15) is 5.82 Å². The number of nitrogens with zero attached hydrogens (tertiary/aromatic N) is 3. The monoisotopic (exact) mass is 331 g/mol. The van der Waals surface area contributed by atoms with Gasteiger partial charge in [-0.25, -0.2) is 9.98 Å². The van der Waals surface area contributed by atoms with Gasteiger partial charge in [-0.2, -0.15) is 0 Å². The highest BCUT2D eigenvalue weighted by atomic mass is 15.2. The Balaban J connectivity index is 1.94. The summed E-state index contributed by atoms with van der Waals surface area (Å²) in [6, 6.07) is 4.25. The highest BCUT2D eigenvalue weighted by molar-refractivity contribution is 5.79. The van der Waals surface area contributed by atoms with Crippen molar-refractivity contribution < 1.29 is 0 Å². The molecule has 0 spiro atoms. The standard InChI is InChI=1S/C19H33N5/c1-4-20-19(22-10-8-16(2)3)23-15-17-9-11-21-18(14-17)24-12-6-5-7-13-24/h9,11,14,16H,4-8,10,12-13,15H2,1-3H3,(H2,20,22,23). The van der Waals surface area contributed by atoms with Gasteiger partial charge >= 0.3 is 0 Å². The smallest absolute Gasteiger partial charge is 0.191 e. The largest absolute Gasteiger partial charge is 0.357 e. The van der Waals surface area contributed by atoms with E-state index < -0.39 is 0 Å². The summed E-state index contributed by atoms with van der Waals surface area (Å²) in [7, 11) is 0. The number of aliphatic imine (C=N–C) groups is 1. The summed E-state index contributed by atoms with van der Waals surface area (Å²) in [6.45, 7) is 11.3. The minimum Gasteiger partial charge on any atom is -0.357 e. The van der Waals surface area contributed by atoms with E-state index in [9.17, 15) is 0 Å². The fourth-order valence-corrected chi connectivity index (χ4v) is 2.85. The van der Waals surface area contributed by atoms with Crippen LogP contribution in [-0.4, -0.2) is 37.1 Å². The lowest BCUT2D eigenvalue weighted by Gasteiger charge is -2.27. The topological polar surface area (TPSA) is 52.6 Å². The predicted octanol–water partition coefficient (Wildman–Crippen LogP) is 3.17. The van der Waals surface area contributed by atoms with E-state index in [-0.39, 0.29) is 0 Å². The van der Waals surface area contributed by atoms with Gasteiger partial charge in [-0.05, 0) is 56.2 Å². The molecule has 0 unspecified atom stereocenters. The number of pyridine rings is 1. The maximum atomic E-state index is 4.71. The number of nitrogens with one attached hydrogen (secondary N) is 2. The molecule has 134 valence electrons. The zero-order valence-electron chi connectivity index (χ0n) is 15.5. The highest BCUT2D eigenvalue weighted by Gasteiger charge is 2.12. The lowest BCUT2D eigenvalue weighted by Crippen LogP contribution is -2.38. The molecule has 0 aromatic carbocycles. The van der Waals surface area contributed by atoms with Crippen molar-refractivity contribution in [2.24, 2.45) is 10.9 Å². The van der Waals surface area contributed by atoms with Crippen LogP contribution in [0.5, 0.6) is 0 Å². The van der Waals surface area contributed by atoms with Gasteiger partial charge in [-0.3, -0.25) is 0 Å². The van der Waals surface area contributed by atoms with Gasteiger partial charge in [-0.15, -0.1) is 0 Å². The second kappa shape index (κ2) is 10.2. The first kappa shape index (κ1) is 18.6. The lowest BCUT2D eigenvalue weighted by atomic mass is 10.1. The first-order valence-electron chi connectivity index (χ1n) is 9.41. The summed E-state index contributed by atoms with van der Waals surface area (Å²) in [5, 5.41) is 6.73. The molecule has 1 aromatic heterocycles. The maximum Gasteiger partial charge on any atom is 0.191 e. The third kappa shape index (κ3) is 6.38. The maximum absolute atomic E-state index is 4.71. The van der Waals surface area contributed by atoms with Crippen LogP contribution in [0.1, 0.15) is 52.0 Å². The molecule has 5 nitrogen and oxygen atoms in total. The Bertz CT molecular complexity index is 506. The van der Waals surface area contributed by atoms with E-state index in [1.165, 1.54) is 24.8 Å². The van der Waals surface area contributed by atoms with Crippen LogP contribution in [0.25, 0.3) is 0 Å². The zero-order chi connectivity index (χ0) is 17.2. The van der Waals surface area contributed by atoms with Crippen LogP contribution in [0.15, 0.2) is 23.3 Å². The van der Waals surface area contributed by atoms with Gasteiger partial charge < -0.3 is 15.5 Å². The fourth-order valence-electron chi connectivity index (χ4n) is 2.85. The van der Waals surface area contributed by atoms with Crippen molar-refractivity contribution in [3.05, 3.63) is 23.9 Å². The van der Waals surface area contributed by atoms with Crippen LogP contribution in [0.3, 0.4) is 0 Å². The van der Waals surface area contributed by atoms with E-state index in [1.54, 1.807) is 0 Å². The quantitative estimate of drug-likeness (QED) is 0.595. The van der Waals surface area contributed by atoms with E-state index in [0.717, 1.165) is 44.4 Å². The molecule has 2 rings (SSSR count). The Hall–Kier alpha value is -1.78. The number of aromatic nitrogens is 1. The van der Waals surface area contributed by atoms with E-state index >= 15 is 0 Å². The average molecular weight is 332 g/mol. The van der Waals surface area contributed by atoms with Crippen LogP contribution in [-0.2, 0) is 6.54 Å². The normalized spacial score (nSPS) is 15.7. The van der Waals surface area contributed by atoms with Crippen LogP contribution in [0.4, 0.5) is 5.82 Å². The fraction of sp³-hybridized carbons (Fsp3) is 0.684. The Kier molecular flexibility index (Phi) is 7.86. The molecule has 0 amide bonds. The molecule has 1 aliphatic heterocycles. The second-order valence-corrected chi connectivity index (χ2v) is 6.87. The van der Waals surface area contributed by atoms with Crippen LogP contribution < -0.4 is 15.5 Å². The van der Waals surface area contributed by atoms with E-state index in [0.29, 0.717) is 12.5 Å². The molecule has 1 fully saturated rings. The molecule has 2 heterocycles. The minimum absolute atomic E-state index is 0.681. The number of anilines is 1. The summed E-state index contributed by atoms with van der Waals surface area (Å²) in [6.07, 6.45) is 6.95. The molecule has 1 aromatic rings. The molecule has 0 bridgehead atoms. The van der Waals surface area contributed by atoms with Gasteiger partial charge in [0.2, 0.25) is 0 Å². The van der Waals surface area contributed by atoms with Crippen molar-refractivity contribution in [2.45, 2.75) is 53.0 Å². The van der Waals surface area contributed by atoms with Crippen molar-refractivity contribution in [1.82, 2.24) is 15.6 Å². The third-order valence-electron chi connectivity index (χ3n) is 4.27. The van der Waals surface area contributed by atoms with Crippen molar-refractivity contribution in [2.75, 3.05) is 31.1 Å². The van der Waals surface area contributed by atoms with Crippen LogP contribution >= 0.6 is 0 Å². The summed E-state index contributed by atoms with van der Waals surface area (Å²) in [4.78, 5) is 11.6.